The molecular formula is C19H13NO3. The molecule has 1 aromatic heterocycles. The van der Waals surface area contributed by atoms with Gasteiger partial charge < -0.3 is 9.47 Å². The predicted octanol–water partition coefficient (Wildman–Crippen LogP) is 3.86. The topological polar surface area (TPSA) is 48.4 Å². The van der Waals surface area contributed by atoms with Crippen molar-refractivity contribution >= 4 is 22.8 Å². The molecule has 0 aliphatic carbocycles. The number of hydrogen-bond donors (Lipinski definition) is 0. The molecule has 112 valence electrons. The van der Waals surface area contributed by atoms with Crippen LogP contribution >= 0.6 is 0 Å². The third-order valence-electron chi connectivity index (χ3n) is 3.75. The summed E-state index contributed by atoms with van der Waals surface area (Å²) < 4.78 is 10.6. The van der Waals surface area contributed by atoms with E-state index in [0.29, 0.717) is 17.1 Å². The van der Waals surface area contributed by atoms with Crippen molar-refractivity contribution in [1.29, 1.82) is 0 Å². The van der Waals surface area contributed by atoms with Crippen molar-refractivity contribution in [2.24, 2.45) is 0 Å². The molecule has 1 aliphatic rings. The standard InChI is InChI=1S/C19H13NO3/c21-17(14-6-8-18-19(11-14)23-12-22-18)7-5-13-9-10-20-16-4-2-1-3-15(13)16/h1-11H,12H2. The van der Waals surface area contributed by atoms with Crippen LogP contribution in [0.4, 0.5) is 0 Å². The Morgan fingerprint density at radius 2 is 1.91 bits per heavy atom. The molecule has 0 N–H and O–H groups in total. The minimum atomic E-state index is -0.0795. The minimum Gasteiger partial charge on any atom is -0.454 e. The van der Waals surface area contributed by atoms with E-state index in [1.807, 2.05) is 36.4 Å². The first-order chi connectivity index (χ1) is 11.3. The number of ketones is 1. The van der Waals surface area contributed by atoms with E-state index in [4.69, 9.17) is 9.47 Å². The van der Waals surface area contributed by atoms with Crippen molar-refractivity contribution in [3.63, 3.8) is 0 Å². The molecule has 3 aromatic rings. The lowest BCUT2D eigenvalue weighted by atomic mass is 10.1. The second kappa shape index (κ2) is 5.57. The maximum Gasteiger partial charge on any atom is 0.231 e. The lowest BCUT2D eigenvalue weighted by Crippen LogP contribution is -1.94. The summed E-state index contributed by atoms with van der Waals surface area (Å²) in [6, 6.07) is 14.9. The van der Waals surface area contributed by atoms with Crippen LogP contribution < -0.4 is 9.47 Å². The van der Waals surface area contributed by atoms with E-state index in [9.17, 15) is 4.79 Å². The molecule has 0 radical (unpaired) electrons. The first-order valence-electron chi connectivity index (χ1n) is 7.27. The number of allylic oxidation sites excluding steroid dienone is 1. The Balaban J connectivity index is 1.64. The molecule has 0 spiro atoms. The fourth-order valence-corrected chi connectivity index (χ4v) is 2.57. The number of rotatable bonds is 3. The van der Waals surface area contributed by atoms with E-state index in [-0.39, 0.29) is 12.6 Å². The maximum absolute atomic E-state index is 12.4. The van der Waals surface area contributed by atoms with Crippen LogP contribution in [0.15, 0.2) is 60.8 Å². The third-order valence-corrected chi connectivity index (χ3v) is 3.75. The van der Waals surface area contributed by atoms with Gasteiger partial charge in [0.2, 0.25) is 6.79 Å². The van der Waals surface area contributed by atoms with E-state index < -0.39 is 0 Å². The number of pyridine rings is 1. The Hall–Kier alpha value is -3.14. The molecule has 4 heteroatoms. The molecule has 0 amide bonds. The van der Waals surface area contributed by atoms with Gasteiger partial charge in [0.05, 0.1) is 5.52 Å². The summed E-state index contributed by atoms with van der Waals surface area (Å²) in [6.45, 7) is 0.200. The van der Waals surface area contributed by atoms with Gasteiger partial charge in [0.25, 0.3) is 0 Å². The van der Waals surface area contributed by atoms with Gasteiger partial charge in [-0.15, -0.1) is 0 Å². The van der Waals surface area contributed by atoms with Gasteiger partial charge in [-0.25, -0.2) is 0 Å². The van der Waals surface area contributed by atoms with Crippen molar-refractivity contribution < 1.29 is 14.3 Å². The molecule has 1 aliphatic heterocycles. The Morgan fingerprint density at radius 1 is 1.04 bits per heavy atom. The van der Waals surface area contributed by atoms with Gasteiger partial charge in [-0.3, -0.25) is 9.78 Å². The predicted molar refractivity (Wildman–Crippen MR) is 87.7 cm³/mol. The van der Waals surface area contributed by atoms with Crippen molar-refractivity contribution in [2.75, 3.05) is 6.79 Å². The van der Waals surface area contributed by atoms with Crippen molar-refractivity contribution in [2.45, 2.75) is 0 Å². The molecule has 0 saturated carbocycles. The highest BCUT2D eigenvalue weighted by molar-refractivity contribution is 6.08. The molecule has 0 bridgehead atoms. The summed E-state index contributed by atoms with van der Waals surface area (Å²) in [6.07, 6.45) is 5.13. The number of carbonyl (C=O) groups is 1. The van der Waals surface area contributed by atoms with Gasteiger partial charge in [0, 0.05) is 17.1 Å². The SMILES string of the molecule is O=C(C=Cc1ccnc2ccccc12)c1ccc2c(c1)OCO2. The van der Waals surface area contributed by atoms with Crippen LogP contribution in [0.5, 0.6) is 11.5 Å². The van der Waals surface area contributed by atoms with Gasteiger partial charge >= 0.3 is 0 Å². The summed E-state index contributed by atoms with van der Waals surface area (Å²) in [5.41, 5.74) is 2.44. The average Bonchev–Trinajstić information content (AvgIpc) is 3.07. The number of carbonyl (C=O) groups excluding carboxylic acids is 1. The third kappa shape index (κ3) is 2.55. The number of hydrogen-bond acceptors (Lipinski definition) is 4. The lowest BCUT2D eigenvalue weighted by molar-refractivity contribution is 0.104. The van der Waals surface area contributed by atoms with Gasteiger partial charge in [0.15, 0.2) is 17.3 Å². The van der Waals surface area contributed by atoms with Crippen molar-refractivity contribution in [3.8, 4) is 11.5 Å². The van der Waals surface area contributed by atoms with Crippen LogP contribution in [0.3, 0.4) is 0 Å². The minimum absolute atomic E-state index is 0.0795. The summed E-state index contributed by atoms with van der Waals surface area (Å²) in [5.74, 6) is 1.20. The van der Waals surface area contributed by atoms with Crippen LogP contribution in [-0.2, 0) is 0 Å². The molecule has 2 heterocycles. The van der Waals surface area contributed by atoms with Gasteiger partial charge in [-0.05, 0) is 42.0 Å². The van der Waals surface area contributed by atoms with Crippen LogP contribution in [0.25, 0.3) is 17.0 Å². The van der Waals surface area contributed by atoms with Crippen molar-refractivity contribution in [1.82, 2.24) is 4.98 Å². The highest BCUT2D eigenvalue weighted by atomic mass is 16.7. The summed E-state index contributed by atoms with van der Waals surface area (Å²) in [7, 11) is 0. The number of aromatic nitrogens is 1. The molecule has 0 saturated heterocycles. The fourth-order valence-electron chi connectivity index (χ4n) is 2.57. The zero-order valence-corrected chi connectivity index (χ0v) is 12.2. The quantitative estimate of drug-likeness (QED) is 0.544. The van der Waals surface area contributed by atoms with Crippen LogP contribution in [0.2, 0.25) is 0 Å². The molecule has 0 fully saturated rings. The fraction of sp³-hybridized carbons (Fsp3) is 0.0526. The number of ether oxygens (including phenoxy) is 2. The summed E-state index contributed by atoms with van der Waals surface area (Å²) >= 11 is 0. The summed E-state index contributed by atoms with van der Waals surface area (Å²) in [4.78, 5) is 16.7. The Kier molecular flexibility index (Phi) is 3.27. The zero-order valence-electron chi connectivity index (χ0n) is 12.2. The smallest absolute Gasteiger partial charge is 0.231 e. The van der Waals surface area contributed by atoms with E-state index in [1.165, 1.54) is 0 Å². The molecular weight excluding hydrogens is 290 g/mol. The average molecular weight is 303 g/mol. The molecule has 0 atom stereocenters. The normalized spacial score (nSPS) is 12.9. The molecule has 0 unspecified atom stereocenters. The zero-order chi connectivity index (χ0) is 15.6. The van der Waals surface area contributed by atoms with E-state index in [2.05, 4.69) is 4.98 Å². The number of benzene rings is 2. The maximum atomic E-state index is 12.4. The number of nitrogens with zero attached hydrogens (tertiary/aromatic N) is 1. The lowest BCUT2D eigenvalue weighted by Gasteiger charge is -2.01. The molecule has 23 heavy (non-hydrogen) atoms. The Bertz CT molecular complexity index is 926. The van der Waals surface area contributed by atoms with Gasteiger partial charge in [-0.1, -0.05) is 24.3 Å². The van der Waals surface area contributed by atoms with Crippen molar-refractivity contribution in [3.05, 3.63) is 71.9 Å². The Morgan fingerprint density at radius 3 is 2.87 bits per heavy atom. The van der Waals surface area contributed by atoms with Crippen LogP contribution in [0.1, 0.15) is 15.9 Å². The summed E-state index contributed by atoms with van der Waals surface area (Å²) in [5, 5.41) is 1.02. The number of fused-ring (bicyclic) bond motifs is 2. The monoisotopic (exact) mass is 303 g/mol. The molecule has 4 rings (SSSR count). The Labute approximate surface area is 133 Å². The van der Waals surface area contributed by atoms with E-state index >= 15 is 0 Å². The first-order valence-corrected chi connectivity index (χ1v) is 7.27. The molecule has 4 nitrogen and oxygen atoms in total. The largest absolute Gasteiger partial charge is 0.454 e. The molecule has 2 aromatic carbocycles. The number of para-hydroxylation sites is 1. The van der Waals surface area contributed by atoms with Crippen LogP contribution in [0, 0.1) is 0 Å². The highest BCUT2D eigenvalue weighted by Crippen LogP contribution is 2.32. The van der Waals surface area contributed by atoms with Crippen LogP contribution in [-0.4, -0.2) is 17.6 Å². The van der Waals surface area contributed by atoms with E-state index in [0.717, 1.165) is 16.5 Å². The van der Waals surface area contributed by atoms with Gasteiger partial charge in [-0.2, -0.15) is 0 Å². The van der Waals surface area contributed by atoms with E-state index in [1.54, 1.807) is 30.5 Å². The second-order valence-electron chi connectivity index (χ2n) is 5.18. The first kappa shape index (κ1) is 13.5. The van der Waals surface area contributed by atoms with Gasteiger partial charge in [0.1, 0.15) is 0 Å². The highest BCUT2D eigenvalue weighted by Gasteiger charge is 2.15. The second-order valence-corrected chi connectivity index (χ2v) is 5.18.